The van der Waals surface area contributed by atoms with Gasteiger partial charge in [0, 0.05) is 17.4 Å². The van der Waals surface area contributed by atoms with Gasteiger partial charge in [0.2, 0.25) is 0 Å². The zero-order chi connectivity index (χ0) is 12.5. The summed E-state index contributed by atoms with van der Waals surface area (Å²) in [5.41, 5.74) is 0.291. The van der Waals surface area contributed by atoms with Crippen molar-refractivity contribution in [2.75, 3.05) is 0 Å². The van der Waals surface area contributed by atoms with Crippen LogP contribution < -0.4 is 0 Å². The Labute approximate surface area is 105 Å². The number of hydrogen-bond acceptors (Lipinski definition) is 2. The molecular formula is C13H13ClN2O. The molecule has 0 spiro atoms. The maximum Gasteiger partial charge on any atom is 0.256 e. The minimum absolute atomic E-state index is 0.0650. The molecule has 1 aromatic carbocycles. The second-order valence-electron chi connectivity index (χ2n) is 4.39. The molecule has 4 heteroatoms. The van der Waals surface area contributed by atoms with Crippen LogP contribution in [-0.4, -0.2) is 15.7 Å². The van der Waals surface area contributed by atoms with E-state index in [1.807, 2.05) is 26.0 Å². The molecule has 0 amide bonds. The number of carbonyl (C=O) groups excluding carboxylic acids is 1. The van der Waals surface area contributed by atoms with Crippen molar-refractivity contribution in [1.82, 2.24) is 9.78 Å². The summed E-state index contributed by atoms with van der Waals surface area (Å²) >= 11 is 5.84. The Balaban J connectivity index is 2.36. The Morgan fingerprint density at radius 3 is 2.47 bits per heavy atom. The van der Waals surface area contributed by atoms with E-state index in [4.69, 9.17) is 11.6 Å². The number of halogens is 1. The van der Waals surface area contributed by atoms with Crippen LogP contribution in [0.3, 0.4) is 0 Å². The summed E-state index contributed by atoms with van der Waals surface area (Å²) in [6.07, 6.45) is 3.25. The highest BCUT2D eigenvalue weighted by Crippen LogP contribution is 2.26. The highest BCUT2D eigenvalue weighted by molar-refractivity contribution is 6.30. The lowest BCUT2D eigenvalue weighted by atomic mass is 9.84. The minimum Gasteiger partial charge on any atom is -0.272 e. The minimum atomic E-state index is -0.628. The quantitative estimate of drug-likeness (QED) is 0.818. The van der Waals surface area contributed by atoms with Crippen molar-refractivity contribution in [3.8, 4) is 0 Å². The largest absolute Gasteiger partial charge is 0.272 e. The van der Waals surface area contributed by atoms with Crippen LogP contribution in [0.15, 0.2) is 42.7 Å². The van der Waals surface area contributed by atoms with Crippen molar-refractivity contribution in [3.63, 3.8) is 0 Å². The molecule has 88 valence electrons. The monoisotopic (exact) mass is 248 g/mol. The number of carbonyl (C=O) groups is 1. The van der Waals surface area contributed by atoms with E-state index in [1.54, 1.807) is 30.6 Å². The Bertz CT molecular complexity index is 515. The van der Waals surface area contributed by atoms with Crippen LogP contribution in [0, 0.1) is 0 Å². The molecule has 1 heterocycles. The molecular weight excluding hydrogens is 236 g/mol. The van der Waals surface area contributed by atoms with Crippen LogP contribution in [0.25, 0.3) is 0 Å². The first-order chi connectivity index (χ1) is 8.01. The van der Waals surface area contributed by atoms with Crippen LogP contribution in [0.5, 0.6) is 0 Å². The zero-order valence-corrected chi connectivity index (χ0v) is 10.5. The molecule has 0 radical (unpaired) electrons. The van der Waals surface area contributed by atoms with Gasteiger partial charge in [0.15, 0.2) is 0 Å². The van der Waals surface area contributed by atoms with Crippen molar-refractivity contribution >= 4 is 17.5 Å². The van der Waals surface area contributed by atoms with Crippen LogP contribution in [0.4, 0.5) is 0 Å². The van der Waals surface area contributed by atoms with Gasteiger partial charge in [0.1, 0.15) is 0 Å². The van der Waals surface area contributed by atoms with Crippen molar-refractivity contribution in [2.24, 2.45) is 0 Å². The normalized spacial score (nSPS) is 11.5. The lowest BCUT2D eigenvalue weighted by Gasteiger charge is -2.23. The molecule has 0 N–H and O–H groups in total. The van der Waals surface area contributed by atoms with Gasteiger partial charge >= 0.3 is 0 Å². The first kappa shape index (κ1) is 11.9. The molecule has 0 saturated carbocycles. The second-order valence-corrected chi connectivity index (χ2v) is 4.82. The van der Waals surface area contributed by atoms with E-state index < -0.39 is 5.41 Å². The summed E-state index contributed by atoms with van der Waals surface area (Å²) in [4.78, 5) is 12.3. The van der Waals surface area contributed by atoms with E-state index in [0.717, 1.165) is 5.56 Å². The Kier molecular flexibility index (Phi) is 3.03. The van der Waals surface area contributed by atoms with Crippen LogP contribution in [0.1, 0.15) is 24.2 Å². The maximum absolute atomic E-state index is 12.3. The molecule has 0 fully saturated rings. The van der Waals surface area contributed by atoms with Crippen molar-refractivity contribution in [3.05, 3.63) is 53.3 Å². The fourth-order valence-corrected chi connectivity index (χ4v) is 1.79. The van der Waals surface area contributed by atoms with Crippen molar-refractivity contribution in [2.45, 2.75) is 19.3 Å². The van der Waals surface area contributed by atoms with Gasteiger partial charge in [0.05, 0.1) is 5.41 Å². The molecule has 2 rings (SSSR count). The molecule has 2 aromatic rings. The maximum atomic E-state index is 12.3. The number of rotatable bonds is 2. The van der Waals surface area contributed by atoms with Gasteiger partial charge in [-0.2, -0.15) is 5.10 Å². The van der Waals surface area contributed by atoms with Gasteiger partial charge in [-0.05, 0) is 37.6 Å². The fraction of sp³-hybridized carbons (Fsp3) is 0.231. The first-order valence-electron chi connectivity index (χ1n) is 5.32. The highest BCUT2D eigenvalue weighted by atomic mass is 35.5. The van der Waals surface area contributed by atoms with Gasteiger partial charge in [-0.3, -0.25) is 4.79 Å². The average molecular weight is 249 g/mol. The lowest BCUT2D eigenvalue weighted by molar-refractivity contribution is 0.0804. The average Bonchev–Trinajstić information content (AvgIpc) is 2.82. The van der Waals surface area contributed by atoms with Crippen molar-refractivity contribution in [1.29, 1.82) is 0 Å². The fourth-order valence-electron chi connectivity index (χ4n) is 1.67. The number of nitrogens with zero attached hydrogens (tertiary/aromatic N) is 2. The molecule has 0 unspecified atom stereocenters. The summed E-state index contributed by atoms with van der Waals surface area (Å²) in [6.45, 7) is 3.75. The smallest absolute Gasteiger partial charge is 0.256 e. The van der Waals surface area contributed by atoms with Crippen LogP contribution in [-0.2, 0) is 5.41 Å². The number of aromatic nitrogens is 2. The van der Waals surface area contributed by atoms with Crippen molar-refractivity contribution < 1.29 is 4.79 Å². The lowest BCUT2D eigenvalue weighted by Crippen LogP contribution is -2.34. The predicted octanol–water partition coefficient (Wildman–Crippen LogP) is 3.15. The van der Waals surface area contributed by atoms with E-state index in [9.17, 15) is 4.79 Å². The summed E-state index contributed by atoms with van der Waals surface area (Å²) in [5, 5.41) is 4.63. The van der Waals surface area contributed by atoms with E-state index in [2.05, 4.69) is 5.10 Å². The van der Waals surface area contributed by atoms with Crippen LogP contribution >= 0.6 is 11.6 Å². The summed E-state index contributed by atoms with van der Waals surface area (Å²) in [5.74, 6) is -0.0650. The molecule has 17 heavy (non-hydrogen) atoms. The number of hydrogen-bond donors (Lipinski definition) is 0. The third-order valence-electron chi connectivity index (χ3n) is 2.81. The molecule has 0 atom stereocenters. The third-order valence-corrected chi connectivity index (χ3v) is 3.07. The van der Waals surface area contributed by atoms with Gasteiger partial charge in [-0.15, -0.1) is 0 Å². The number of benzene rings is 1. The molecule has 0 aliphatic heterocycles. The summed E-state index contributed by atoms with van der Waals surface area (Å²) in [6, 6.07) is 9.04. The van der Waals surface area contributed by atoms with Gasteiger partial charge < -0.3 is 0 Å². The zero-order valence-electron chi connectivity index (χ0n) is 9.72. The predicted molar refractivity (Wildman–Crippen MR) is 67.3 cm³/mol. The van der Waals surface area contributed by atoms with E-state index in [1.165, 1.54) is 4.68 Å². The van der Waals surface area contributed by atoms with Gasteiger partial charge in [0.25, 0.3) is 5.91 Å². The standard InChI is InChI=1S/C13H13ClN2O/c1-13(2,10-4-6-11(14)7-5-10)12(17)16-9-3-8-15-16/h3-9H,1-2H3. The molecule has 0 bridgehead atoms. The summed E-state index contributed by atoms with van der Waals surface area (Å²) in [7, 11) is 0. The second kappa shape index (κ2) is 4.34. The molecule has 0 aliphatic rings. The Morgan fingerprint density at radius 2 is 1.94 bits per heavy atom. The molecule has 3 nitrogen and oxygen atoms in total. The highest BCUT2D eigenvalue weighted by Gasteiger charge is 2.31. The molecule has 0 aliphatic carbocycles. The van der Waals surface area contributed by atoms with Crippen LogP contribution in [0.2, 0.25) is 5.02 Å². The van der Waals surface area contributed by atoms with E-state index in [0.29, 0.717) is 5.02 Å². The Hall–Kier alpha value is -1.61. The van der Waals surface area contributed by atoms with Gasteiger partial charge in [-0.1, -0.05) is 23.7 Å². The van der Waals surface area contributed by atoms with E-state index >= 15 is 0 Å². The summed E-state index contributed by atoms with van der Waals surface area (Å²) < 4.78 is 1.36. The molecule has 1 aromatic heterocycles. The SMILES string of the molecule is CC(C)(C(=O)n1cccn1)c1ccc(Cl)cc1. The van der Waals surface area contributed by atoms with Gasteiger partial charge in [-0.25, -0.2) is 4.68 Å². The Morgan fingerprint density at radius 1 is 1.29 bits per heavy atom. The topological polar surface area (TPSA) is 34.9 Å². The van der Waals surface area contributed by atoms with E-state index in [-0.39, 0.29) is 5.91 Å². The molecule has 0 saturated heterocycles. The first-order valence-corrected chi connectivity index (χ1v) is 5.70. The third kappa shape index (κ3) is 2.24.